The van der Waals surface area contributed by atoms with Crippen LogP contribution in [0.3, 0.4) is 0 Å². The van der Waals surface area contributed by atoms with Gasteiger partial charge in [-0.2, -0.15) is 0 Å². The lowest BCUT2D eigenvalue weighted by Crippen LogP contribution is -2.51. The van der Waals surface area contributed by atoms with Crippen molar-refractivity contribution in [2.24, 2.45) is 28.8 Å². The Morgan fingerprint density at radius 1 is 0.947 bits per heavy atom. The quantitative estimate of drug-likeness (QED) is 0.582. The molecule has 0 radical (unpaired) electrons. The fraction of sp³-hybridized carbons (Fsp3) is 0.938. The van der Waals surface area contributed by atoms with E-state index in [9.17, 15) is 5.21 Å². The predicted octanol–water partition coefficient (Wildman–Crippen LogP) is 3.13. The third kappa shape index (κ3) is 1.93. The number of nitrogens with zero attached hydrogens (tertiary/aromatic N) is 2. The van der Waals surface area contributed by atoms with Crippen molar-refractivity contribution >= 4 is 5.71 Å². The number of piperidine rings is 1. The lowest BCUT2D eigenvalue weighted by molar-refractivity contribution is 0.0602. The van der Waals surface area contributed by atoms with Gasteiger partial charge < -0.3 is 5.21 Å². The largest absolute Gasteiger partial charge is 0.411 e. The summed E-state index contributed by atoms with van der Waals surface area (Å²) in [5.74, 6) is 3.32. The van der Waals surface area contributed by atoms with Gasteiger partial charge in [0.25, 0.3) is 0 Å². The molecule has 1 saturated heterocycles. The Bertz CT molecular complexity index is 381. The molecular formula is C16H26N2O. The molecule has 1 N–H and O–H groups in total. The number of hydrogen-bond donors (Lipinski definition) is 1. The topological polar surface area (TPSA) is 35.8 Å². The third-order valence-corrected chi connectivity index (χ3v) is 6.47. The zero-order chi connectivity index (χ0) is 12.8. The Morgan fingerprint density at radius 2 is 1.79 bits per heavy atom. The molecule has 0 amide bonds. The summed E-state index contributed by atoms with van der Waals surface area (Å²) in [4.78, 5) is 2.69. The molecule has 106 valence electrons. The van der Waals surface area contributed by atoms with E-state index in [2.05, 4.69) is 10.1 Å². The molecule has 5 atom stereocenters. The van der Waals surface area contributed by atoms with Crippen LogP contribution in [0.4, 0.5) is 0 Å². The fourth-order valence-electron chi connectivity index (χ4n) is 5.56. The van der Waals surface area contributed by atoms with Crippen molar-refractivity contribution in [1.29, 1.82) is 0 Å². The van der Waals surface area contributed by atoms with Gasteiger partial charge in [0.1, 0.15) is 0 Å². The number of oxime groups is 1. The van der Waals surface area contributed by atoms with E-state index in [4.69, 9.17) is 0 Å². The highest BCUT2D eigenvalue weighted by Gasteiger charge is 2.49. The summed E-state index contributed by atoms with van der Waals surface area (Å²) >= 11 is 0. The van der Waals surface area contributed by atoms with Gasteiger partial charge in [-0.25, -0.2) is 0 Å². The van der Waals surface area contributed by atoms with Crippen LogP contribution in [0.1, 0.15) is 51.4 Å². The van der Waals surface area contributed by atoms with Crippen LogP contribution in [0.15, 0.2) is 5.16 Å². The van der Waals surface area contributed by atoms with Gasteiger partial charge in [0.05, 0.1) is 11.8 Å². The van der Waals surface area contributed by atoms with Gasteiger partial charge in [0.2, 0.25) is 0 Å². The summed E-state index contributed by atoms with van der Waals surface area (Å²) in [6.45, 7) is 2.52. The highest BCUT2D eigenvalue weighted by atomic mass is 16.4. The summed E-state index contributed by atoms with van der Waals surface area (Å²) in [7, 11) is 0. The Hall–Kier alpha value is -0.570. The van der Waals surface area contributed by atoms with Crippen LogP contribution in [-0.4, -0.2) is 35.0 Å². The lowest BCUT2D eigenvalue weighted by atomic mass is 9.74. The second-order valence-electron chi connectivity index (χ2n) is 7.33. The van der Waals surface area contributed by atoms with Crippen LogP contribution in [0.5, 0.6) is 0 Å². The molecule has 3 heteroatoms. The average Bonchev–Trinajstić information content (AvgIpc) is 3.07. The summed E-state index contributed by atoms with van der Waals surface area (Å²) in [5, 5.41) is 13.1. The first-order valence-electron chi connectivity index (χ1n) is 8.32. The molecule has 1 aliphatic heterocycles. The van der Waals surface area contributed by atoms with Crippen molar-refractivity contribution in [2.45, 2.75) is 57.4 Å². The van der Waals surface area contributed by atoms with Crippen molar-refractivity contribution in [3.8, 4) is 0 Å². The number of hydrogen-bond acceptors (Lipinski definition) is 3. The summed E-state index contributed by atoms with van der Waals surface area (Å²) in [6.07, 6.45) is 11.1. The van der Waals surface area contributed by atoms with Crippen molar-refractivity contribution in [3.63, 3.8) is 0 Å². The normalized spacial score (nSPS) is 48.6. The molecule has 4 rings (SSSR count). The van der Waals surface area contributed by atoms with Gasteiger partial charge in [-0.15, -0.1) is 0 Å². The van der Waals surface area contributed by atoms with Crippen LogP contribution >= 0.6 is 0 Å². The smallest absolute Gasteiger partial charge is 0.0775 e. The second-order valence-corrected chi connectivity index (χ2v) is 7.33. The highest BCUT2D eigenvalue weighted by molar-refractivity contribution is 5.94. The van der Waals surface area contributed by atoms with Crippen LogP contribution in [-0.2, 0) is 0 Å². The minimum Gasteiger partial charge on any atom is -0.411 e. The zero-order valence-electron chi connectivity index (χ0n) is 11.8. The zero-order valence-corrected chi connectivity index (χ0v) is 11.8. The van der Waals surface area contributed by atoms with Crippen LogP contribution in [0.25, 0.3) is 0 Å². The number of rotatable bonds is 1. The molecule has 2 bridgehead atoms. The van der Waals surface area contributed by atoms with E-state index in [-0.39, 0.29) is 0 Å². The maximum absolute atomic E-state index is 9.38. The SMILES string of the molecule is O/N=C1\[C@H]2CC[C@@H](C2)[C@@H]1N1CC[C@H]2CCCC[C@@H]2C1. The average molecular weight is 262 g/mol. The van der Waals surface area contributed by atoms with Gasteiger partial charge in [0.15, 0.2) is 0 Å². The second kappa shape index (κ2) is 4.76. The molecule has 3 saturated carbocycles. The number of likely N-dealkylation sites (tertiary alicyclic amines) is 1. The lowest BCUT2D eigenvalue weighted by Gasteiger charge is -2.45. The molecule has 3 nitrogen and oxygen atoms in total. The van der Waals surface area contributed by atoms with Gasteiger partial charge in [-0.1, -0.05) is 24.4 Å². The summed E-state index contributed by atoms with van der Waals surface area (Å²) in [6, 6.07) is 0.492. The first kappa shape index (κ1) is 12.2. The Morgan fingerprint density at radius 3 is 2.63 bits per heavy atom. The molecule has 3 aliphatic carbocycles. The Kier molecular flexibility index (Phi) is 3.06. The molecule has 0 spiro atoms. The molecule has 19 heavy (non-hydrogen) atoms. The highest BCUT2D eigenvalue weighted by Crippen LogP contribution is 2.47. The third-order valence-electron chi connectivity index (χ3n) is 6.47. The fourth-order valence-corrected chi connectivity index (χ4v) is 5.56. The maximum Gasteiger partial charge on any atom is 0.0775 e. The van der Waals surface area contributed by atoms with E-state index >= 15 is 0 Å². The van der Waals surface area contributed by atoms with Crippen LogP contribution < -0.4 is 0 Å². The van der Waals surface area contributed by atoms with Gasteiger partial charge in [0, 0.05) is 12.5 Å². The molecule has 0 aromatic carbocycles. The molecule has 0 aromatic rings. The van der Waals surface area contributed by atoms with E-state index in [0.29, 0.717) is 12.0 Å². The molecular weight excluding hydrogens is 236 g/mol. The van der Waals surface area contributed by atoms with Gasteiger partial charge >= 0.3 is 0 Å². The standard InChI is InChI=1S/C16H26N2O/c19-17-15-12-5-6-13(9-12)16(15)18-8-7-11-3-1-2-4-14(11)10-18/h11-14,16,19H,1-10H2/b17-15+/t11-,12+,13+,14-,16+/m1/s1. The van der Waals surface area contributed by atoms with Crippen molar-refractivity contribution in [3.05, 3.63) is 0 Å². The summed E-state index contributed by atoms with van der Waals surface area (Å²) in [5.41, 5.74) is 1.13. The van der Waals surface area contributed by atoms with Gasteiger partial charge in [-0.3, -0.25) is 4.90 Å². The van der Waals surface area contributed by atoms with Crippen LogP contribution in [0.2, 0.25) is 0 Å². The predicted molar refractivity (Wildman–Crippen MR) is 75.5 cm³/mol. The van der Waals surface area contributed by atoms with E-state index in [1.165, 1.54) is 64.5 Å². The monoisotopic (exact) mass is 262 g/mol. The van der Waals surface area contributed by atoms with Crippen molar-refractivity contribution < 1.29 is 5.21 Å². The Labute approximate surface area is 116 Å². The molecule has 0 aromatic heterocycles. The summed E-state index contributed by atoms with van der Waals surface area (Å²) < 4.78 is 0. The van der Waals surface area contributed by atoms with E-state index in [0.717, 1.165) is 23.5 Å². The molecule has 0 unspecified atom stereocenters. The number of fused-ring (bicyclic) bond motifs is 3. The molecule has 1 heterocycles. The van der Waals surface area contributed by atoms with Crippen molar-refractivity contribution in [2.75, 3.05) is 13.1 Å². The minimum atomic E-state index is 0.492. The first-order chi connectivity index (χ1) is 9.36. The van der Waals surface area contributed by atoms with E-state index in [1.54, 1.807) is 0 Å². The molecule has 4 aliphatic rings. The minimum absolute atomic E-state index is 0.492. The Balaban J connectivity index is 1.50. The van der Waals surface area contributed by atoms with E-state index in [1.807, 2.05) is 0 Å². The first-order valence-corrected chi connectivity index (χ1v) is 8.32. The van der Waals surface area contributed by atoms with Crippen molar-refractivity contribution in [1.82, 2.24) is 4.90 Å². The van der Waals surface area contributed by atoms with Crippen LogP contribution in [0, 0.1) is 23.7 Å². The maximum atomic E-state index is 9.38. The molecule has 4 fully saturated rings. The van der Waals surface area contributed by atoms with Gasteiger partial charge in [-0.05, 0) is 56.4 Å². The van der Waals surface area contributed by atoms with E-state index < -0.39 is 0 Å².